The van der Waals surface area contributed by atoms with Crippen LogP contribution < -0.4 is 10.2 Å². The standard InChI is InChI=1S/C21H21FN4O2/c1-12(2)13-6-8-15(9-7-13)23-21(28)14-10-18(27)26(11-14)20-19-16(22)4-3-5-17(19)24-25-20/h3-9,12,14H,10-11H2,1-2H3,(H,23,28)(H,24,25)/t14-/m1/s1. The third-order valence-electron chi connectivity index (χ3n) is 5.12. The summed E-state index contributed by atoms with van der Waals surface area (Å²) in [4.78, 5) is 26.5. The summed E-state index contributed by atoms with van der Waals surface area (Å²) in [6.07, 6.45) is 0.0682. The first kappa shape index (κ1) is 18.2. The molecule has 2 amide bonds. The fraction of sp³-hybridized carbons (Fsp3) is 0.286. The smallest absolute Gasteiger partial charge is 0.229 e. The molecule has 0 saturated carbocycles. The predicted molar refractivity (Wildman–Crippen MR) is 106 cm³/mol. The molecule has 2 aromatic carbocycles. The van der Waals surface area contributed by atoms with Crippen LogP contribution in [0.25, 0.3) is 10.9 Å². The van der Waals surface area contributed by atoms with Gasteiger partial charge >= 0.3 is 0 Å². The van der Waals surface area contributed by atoms with Crippen molar-refractivity contribution >= 4 is 34.2 Å². The third kappa shape index (κ3) is 3.24. The van der Waals surface area contributed by atoms with Crippen molar-refractivity contribution in [2.45, 2.75) is 26.2 Å². The maximum absolute atomic E-state index is 14.2. The van der Waals surface area contributed by atoms with Crippen LogP contribution >= 0.6 is 0 Å². The van der Waals surface area contributed by atoms with E-state index in [-0.39, 0.29) is 36.0 Å². The summed E-state index contributed by atoms with van der Waals surface area (Å²) in [7, 11) is 0. The maximum atomic E-state index is 14.2. The Hall–Kier alpha value is -3.22. The lowest BCUT2D eigenvalue weighted by atomic mass is 10.0. The number of aromatic amines is 1. The molecule has 6 nitrogen and oxygen atoms in total. The van der Waals surface area contributed by atoms with E-state index < -0.39 is 11.7 Å². The number of aromatic nitrogens is 2. The Bertz CT molecular complexity index is 1040. The van der Waals surface area contributed by atoms with Crippen LogP contribution in [0.4, 0.5) is 15.9 Å². The molecule has 1 aromatic heterocycles. The van der Waals surface area contributed by atoms with E-state index in [0.717, 1.165) is 0 Å². The Morgan fingerprint density at radius 3 is 2.71 bits per heavy atom. The zero-order chi connectivity index (χ0) is 19.8. The highest BCUT2D eigenvalue weighted by Gasteiger charge is 2.37. The second-order valence-corrected chi connectivity index (χ2v) is 7.38. The van der Waals surface area contributed by atoms with Crippen molar-refractivity contribution in [3.05, 3.63) is 53.8 Å². The topological polar surface area (TPSA) is 78.1 Å². The van der Waals surface area contributed by atoms with Crippen LogP contribution in [-0.4, -0.2) is 28.6 Å². The van der Waals surface area contributed by atoms with Crippen LogP contribution in [0.5, 0.6) is 0 Å². The first-order chi connectivity index (χ1) is 13.4. The first-order valence-electron chi connectivity index (χ1n) is 9.28. The van der Waals surface area contributed by atoms with Gasteiger partial charge in [0.2, 0.25) is 11.8 Å². The van der Waals surface area contributed by atoms with Gasteiger partial charge in [0.05, 0.1) is 16.8 Å². The molecule has 1 fully saturated rings. The first-order valence-corrected chi connectivity index (χ1v) is 9.28. The fourth-order valence-electron chi connectivity index (χ4n) is 3.49. The number of carbonyl (C=O) groups is 2. The lowest BCUT2D eigenvalue weighted by Crippen LogP contribution is -2.28. The largest absolute Gasteiger partial charge is 0.326 e. The Balaban J connectivity index is 1.50. The summed E-state index contributed by atoms with van der Waals surface area (Å²) in [6.45, 7) is 4.38. The lowest BCUT2D eigenvalue weighted by Gasteiger charge is -2.15. The fourth-order valence-corrected chi connectivity index (χ4v) is 3.49. The summed E-state index contributed by atoms with van der Waals surface area (Å²) >= 11 is 0. The number of nitrogens with zero attached hydrogens (tertiary/aromatic N) is 2. The molecule has 0 spiro atoms. The minimum Gasteiger partial charge on any atom is -0.326 e. The molecule has 4 rings (SSSR count). The van der Waals surface area contributed by atoms with E-state index in [9.17, 15) is 14.0 Å². The normalized spacial score (nSPS) is 16.9. The van der Waals surface area contributed by atoms with E-state index in [1.807, 2.05) is 24.3 Å². The summed E-state index contributed by atoms with van der Waals surface area (Å²) in [5, 5.41) is 9.97. The van der Waals surface area contributed by atoms with E-state index in [4.69, 9.17) is 0 Å². The van der Waals surface area contributed by atoms with Gasteiger partial charge in [-0.25, -0.2) is 4.39 Å². The summed E-state index contributed by atoms with van der Waals surface area (Å²) < 4.78 is 14.2. The van der Waals surface area contributed by atoms with Gasteiger partial charge in [0.1, 0.15) is 5.82 Å². The van der Waals surface area contributed by atoms with Crippen LogP contribution in [-0.2, 0) is 9.59 Å². The van der Waals surface area contributed by atoms with E-state index in [0.29, 0.717) is 17.1 Å². The van der Waals surface area contributed by atoms with Gasteiger partial charge < -0.3 is 5.32 Å². The van der Waals surface area contributed by atoms with Gasteiger partial charge in [0, 0.05) is 18.7 Å². The lowest BCUT2D eigenvalue weighted by molar-refractivity contribution is -0.122. The number of nitrogens with one attached hydrogen (secondary N) is 2. The molecule has 1 saturated heterocycles. The summed E-state index contributed by atoms with van der Waals surface area (Å²) in [6, 6.07) is 12.3. The van der Waals surface area contributed by atoms with E-state index in [1.165, 1.54) is 16.5 Å². The highest BCUT2D eigenvalue weighted by Crippen LogP contribution is 2.31. The Labute approximate surface area is 161 Å². The predicted octanol–water partition coefficient (Wildman–Crippen LogP) is 3.82. The number of H-pyrrole nitrogens is 1. The van der Waals surface area contributed by atoms with Crippen LogP contribution in [0.2, 0.25) is 0 Å². The van der Waals surface area contributed by atoms with Gasteiger partial charge in [0.15, 0.2) is 5.82 Å². The van der Waals surface area contributed by atoms with Crippen LogP contribution in [0, 0.1) is 11.7 Å². The zero-order valence-electron chi connectivity index (χ0n) is 15.7. The Morgan fingerprint density at radius 2 is 2.00 bits per heavy atom. The van der Waals surface area contributed by atoms with Gasteiger partial charge in [-0.2, -0.15) is 5.10 Å². The van der Waals surface area contributed by atoms with Crippen LogP contribution in [0.15, 0.2) is 42.5 Å². The number of anilines is 2. The van der Waals surface area contributed by atoms with E-state index in [2.05, 4.69) is 29.4 Å². The van der Waals surface area contributed by atoms with Gasteiger partial charge in [-0.15, -0.1) is 0 Å². The molecule has 1 aliphatic rings. The molecular weight excluding hydrogens is 359 g/mol. The molecule has 0 radical (unpaired) electrons. The number of amides is 2. The highest BCUT2D eigenvalue weighted by atomic mass is 19.1. The quantitative estimate of drug-likeness (QED) is 0.722. The van der Waals surface area contributed by atoms with Crippen molar-refractivity contribution < 1.29 is 14.0 Å². The van der Waals surface area contributed by atoms with Gasteiger partial charge in [-0.3, -0.25) is 19.6 Å². The molecule has 2 heterocycles. The number of fused-ring (bicyclic) bond motifs is 1. The Kier molecular flexibility index (Phi) is 4.58. The van der Waals surface area contributed by atoms with Crippen molar-refractivity contribution in [2.24, 2.45) is 5.92 Å². The molecule has 144 valence electrons. The molecule has 0 aliphatic carbocycles. The number of carbonyl (C=O) groups excluding carboxylic acids is 2. The molecular formula is C21H21FN4O2. The maximum Gasteiger partial charge on any atom is 0.229 e. The average molecular weight is 380 g/mol. The average Bonchev–Trinajstić information content (AvgIpc) is 3.26. The molecule has 0 unspecified atom stereocenters. The number of halogens is 1. The van der Waals surface area contributed by atoms with Crippen molar-refractivity contribution in [1.29, 1.82) is 0 Å². The molecule has 1 aliphatic heterocycles. The van der Waals surface area contributed by atoms with Crippen molar-refractivity contribution in [1.82, 2.24) is 10.2 Å². The van der Waals surface area contributed by atoms with Crippen molar-refractivity contribution in [3.63, 3.8) is 0 Å². The summed E-state index contributed by atoms with van der Waals surface area (Å²) in [5.74, 6) is -0.798. The zero-order valence-corrected chi connectivity index (χ0v) is 15.7. The van der Waals surface area contributed by atoms with Gasteiger partial charge in [-0.1, -0.05) is 32.0 Å². The van der Waals surface area contributed by atoms with E-state index in [1.54, 1.807) is 12.1 Å². The molecule has 7 heteroatoms. The summed E-state index contributed by atoms with van der Waals surface area (Å²) in [5.41, 5.74) is 2.39. The molecule has 0 bridgehead atoms. The molecule has 2 N–H and O–H groups in total. The highest BCUT2D eigenvalue weighted by molar-refractivity contribution is 6.07. The van der Waals surface area contributed by atoms with Gasteiger partial charge in [-0.05, 0) is 35.7 Å². The van der Waals surface area contributed by atoms with Gasteiger partial charge in [0.25, 0.3) is 0 Å². The second-order valence-electron chi connectivity index (χ2n) is 7.38. The monoisotopic (exact) mass is 380 g/mol. The number of benzene rings is 2. The minimum atomic E-state index is -0.518. The molecule has 1 atom stereocenters. The van der Waals surface area contributed by atoms with Crippen LogP contribution in [0.3, 0.4) is 0 Å². The Morgan fingerprint density at radius 1 is 1.25 bits per heavy atom. The van der Waals surface area contributed by atoms with E-state index >= 15 is 0 Å². The van der Waals surface area contributed by atoms with Crippen molar-refractivity contribution in [3.8, 4) is 0 Å². The number of hydrogen-bond acceptors (Lipinski definition) is 3. The minimum absolute atomic E-state index is 0.0682. The number of rotatable bonds is 4. The number of hydrogen-bond donors (Lipinski definition) is 2. The second kappa shape index (κ2) is 7.07. The van der Waals surface area contributed by atoms with Crippen LogP contribution in [0.1, 0.15) is 31.7 Å². The molecule has 3 aromatic rings. The SMILES string of the molecule is CC(C)c1ccc(NC(=O)[C@@H]2CC(=O)N(c3n[nH]c4cccc(F)c34)C2)cc1. The third-order valence-corrected chi connectivity index (χ3v) is 5.12. The van der Waals surface area contributed by atoms with Crippen molar-refractivity contribution in [2.75, 3.05) is 16.8 Å². The molecule has 28 heavy (non-hydrogen) atoms.